The molecule has 1 saturated carbocycles. The number of carbonyl (C=O) groups excluding carboxylic acids is 1. The molecular weight excluding hydrogens is 234 g/mol. The standard InChI is InChI=1S/C13H23NO4/c1-5-18-10-6-9(7-10)8-11(15)14(4)13(2,3)12(16)17/h9-10H,5-8H2,1-4H3,(H,16,17). The van der Waals surface area contributed by atoms with Gasteiger partial charge in [-0.1, -0.05) is 0 Å². The molecule has 1 fully saturated rings. The largest absolute Gasteiger partial charge is 0.480 e. The van der Waals surface area contributed by atoms with Gasteiger partial charge < -0.3 is 14.7 Å². The first kappa shape index (κ1) is 15.0. The molecule has 0 bridgehead atoms. The summed E-state index contributed by atoms with van der Waals surface area (Å²) in [6.45, 7) is 5.74. The summed E-state index contributed by atoms with van der Waals surface area (Å²) >= 11 is 0. The van der Waals surface area contributed by atoms with Gasteiger partial charge in [0.25, 0.3) is 0 Å². The van der Waals surface area contributed by atoms with E-state index < -0.39 is 11.5 Å². The highest BCUT2D eigenvalue weighted by Gasteiger charge is 2.38. The lowest BCUT2D eigenvalue weighted by atomic mass is 9.79. The van der Waals surface area contributed by atoms with Gasteiger partial charge in [0.2, 0.25) is 5.91 Å². The number of carboxylic acids is 1. The average molecular weight is 257 g/mol. The van der Waals surface area contributed by atoms with Crippen molar-refractivity contribution in [1.82, 2.24) is 4.90 Å². The second-order valence-corrected chi connectivity index (χ2v) is 5.44. The lowest BCUT2D eigenvalue weighted by Crippen LogP contribution is -2.51. The van der Waals surface area contributed by atoms with Crippen LogP contribution in [-0.4, -0.2) is 47.2 Å². The molecule has 0 aliphatic heterocycles. The topological polar surface area (TPSA) is 66.8 Å². The molecule has 1 aliphatic carbocycles. The summed E-state index contributed by atoms with van der Waals surface area (Å²) in [5.41, 5.74) is -1.15. The number of ether oxygens (including phenoxy) is 1. The molecule has 0 radical (unpaired) electrons. The van der Waals surface area contributed by atoms with Gasteiger partial charge in [0, 0.05) is 20.1 Å². The molecule has 1 N–H and O–H groups in total. The van der Waals surface area contributed by atoms with Crippen LogP contribution in [0, 0.1) is 5.92 Å². The minimum absolute atomic E-state index is 0.109. The molecule has 0 spiro atoms. The molecule has 0 heterocycles. The maximum absolute atomic E-state index is 12.0. The minimum Gasteiger partial charge on any atom is -0.480 e. The van der Waals surface area contributed by atoms with Crippen molar-refractivity contribution in [1.29, 1.82) is 0 Å². The van der Waals surface area contributed by atoms with Crippen molar-refractivity contribution in [3.05, 3.63) is 0 Å². The molecule has 0 aromatic rings. The second-order valence-electron chi connectivity index (χ2n) is 5.44. The molecule has 18 heavy (non-hydrogen) atoms. The highest BCUT2D eigenvalue weighted by molar-refractivity contribution is 5.86. The first-order valence-corrected chi connectivity index (χ1v) is 6.40. The van der Waals surface area contributed by atoms with E-state index in [1.165, 1.54) is 18.7 Å². The molecule has 0 atom stereocenters. The summed E-state index contributed by atoms with van der Waals surface area (Å²) < 4.78 is 5.44. The smallest absolute Gasteiger partial charge is 0.329 e. The Morgan fingerprint density at radius 2 is 1.94 bits per heavy atom. The predicted octanol–water partition coefficient (Wildman–Crippen LogP) is 1.51. The summed E-state index contributed by atoms with van der Waals surface area (Å²) in [4.78, 5) is 24.4. The SMILES string of the molecule is CCOC1CC(CC(=O)N(C)C(C)(C)C(=O)O)C1. The second kappa shape index (κ2) is 5.69. The van der Waals surface area contributed by atoms with Crippen LogP contribution in [0.5, 0.6) is 0 Å². The van der Waals surface area contributed by atoms with Gasteiger partial charge in [-0.05, 0) is 39.5 Å². The van der Waals surface area contributed by atoms with Crippen LogP contribution in [0.15, 0.2) is 0 Å². The lowest BCUT2D eigenvalue weighted by molar-refractivity contribution is -0.156. The summed E-state index contributed by atoms with van der Waals surface area (Å²) in [6, 6.07) is 0. The molecule has 1 amide bonds. The van der Waals surface area contributed by atoms with Gasteiger partial charge in [0.1, 0.15) is 5.54 Å². The first-order valence-electron chi connectivity index (χ1n) is 6.40. The number of hydrogen-bond acceptors (Lipinski definition) is 3. The van der Waals surface area contributed by atoms with Gasteiger partial charge in [0.05, 0.1) is 6.10 Å². The van der Waals surface area contributed by atoms with E-state index in [1.807, 2.05) is 6.92 Å². The van der Waals surface area contributed by atoms with Crippen LogP contribution in [0.3, 0.4) is 0 Å². The summed E-state index contributed by atoms with van der Waals surface area (Å²) in [7, 11) is 1.55. The van der Waals surface area contributed by atoms with E-state index in [0.29, 0.717) is 18.9 Å². The Labute approximate surface area is 108 Å². The van der Waals surface area contributed by atoms with Crippen LogP contribution in [0.25, 0.3) is 0 Å². The van der Waals surface area contributed by atoms with Crippen LogP contribution >= 0.6 is 0 Å². The Kier molecular flexibility index (Phi) is 4.73. The number of carboxylic acid groups (broad SMARTS) is 1. The summed E-state index contributed by atoms with van der Waals surface area (Å²) in [5, 5.41) is 9.06. The number of amides is 1. The number of aliphatic carboxylic acids is 1. The van der Waals surface area contributed by atoms with Crippen LogP contribution in [-0.2, 0) is 14.3 Å². The zero-order valence-corrected chi connectivity index (χ0v) is 11.6. The molecule has 1 rings (SSSR count). The van der Waals surface area contributed by atoms with Crippen molar-refractivity contribution in [3.8, 4) is 0 Å². The monoisotopic (exact) mass is 257 g/mol. The molecule has 1 aliphatic rings. The van der Waals surface area contributed by atoms with E-state index in [2.05, 4.69) is 0 Å². The molecule has 5 nitrogen and oxygen atoms in total. The van der Waals surface area contributed by atoms with Gasteiger partial charge >= 0.3 is 5.97 Å². The Bertz CT molecular complexity index is 321. The fourth-order valence-electron chi connectivity index (χ4n) is 2.05. The number of rotatable bonds is 6. The number of carbonyl (C=O) groups is 2. The molecule has 104 valence electrons. The fourth-order valence-corrected chi connectivity index (χ4v) is 2.05. The van der Waals surface area contributed by atoms with Gasteiger partial charge in [-0.3, -0.25) is 4.79 Å². The van der Waals surface area contributed by atoms with E-state index in [9.17, 15) is 9.59 Å². The third kappa shape index (κ3) is 3.22. The Morgan fingerprint density at radius 1 is 1.39 bits per heavy atom. The first-order chi connectivity index (χ1) is 8.28. The van der Waals surface area contributed by atoms with E-state index in [-0.39, 0.29) is 12.0 Å². The Morgan fingerprint density at radius 3 is 2.39 bits per heavy atom. The van der Waals surface area contributed by atoms with Crippen molar-refractivity contribution in [2.24, 2.45) is 5.92 Å². The van der Waals surface area contributed by atoms with Crippen molar-refractivity contribution >= 4 is 11.9 Å². The van der Waals surface area contributed by atoms with Crippen LogP contribution in [0.4, 0.5) is 0 Å². The van der Waals surface area contributed by atoms with Gasteiger partial charge in [-0.25, -0.2) is 4.79 Å². The number of hydrogen-bond donors (Lipinski definition) is 1. The third-order valence-electron chi connectivity index (χ3n) is 3.79. The third-order valence-corrected chi connectivity index (χ3v) is 3.79. The molecule has 5 heteroatoms. The fraction of sp³-hybridized carbons (Fsp3) is 0.846. The Balaban J connectivity index is 2.41. The zero-order chi connectivity index (χ0) is 13.9. The minimum atomic E-state index is -1.15. The van der Waals surface area contributed by atoms with Crippen molar-refractivity contribution in [3.63, 3.8) is 0 Å². The number of nitrogens with zero attached hydrogens (tertiary/aromatic N) is 1. The summed E-state index contributed by atoms with van der Waals surface area (Å²) in [6.07, 6.45) is 2.50. The van der Waals surface area contributed by atoms with E-state index in [0.717, 1.165) is 12.8 Å². The van der Waals surface area contributed by atoms with E-state index >= 15 is 0 Å². The number of likely N-dealkylation sites (N-methyl/N-ethyl adjacent to an activating group) is 1. The van der Waals surface area contributed by atoms with Gasteiger partial charge in [-0.15, -0.1) is 0 Å². The van der Waals surface area contributed by atoms with E-state index in [4.69, 9.17) is 9.84 Å². The van der Waals surface area contributed by atoms with Gasteiger partial charge in [0.15, 0.2) is 0 Å². The van der Waals surface area contributed by atoms with Gasteiger partial charge in [-0.2, -0.15) is 0 Å². The summed E-state index contributed by atoms with van der Waals surface area (Å²) in [5.74, 6) is -0.761. The van der Waals surface area contributed by atoms with Crippen LogP contribution in [0.2, 0.25) is 0 Å². The molecule has 0 unspecified atom stereocenters. The molecule has 0 saturated heterocycles. The highest BCUT2D eigenvalue weighted by atomic mass is 16.5. The van der Waals surface area contributed by atoms with Crippen LogP contribution < -0.4 is 0 Å². The van der Waals surface area contributed by atoms with E-state index in [1.54, 1.807) is 7.05 Å². The van der Waals surface area contributed by atoms with Crippen molar-refractivity contribution in [2.45, 2.75) is 51.7 Å². The lowest BCUT2D eigenvalue weighted by Gasteiger charge is -2.37. The maximum atomic E-state index is 12.0. The molecule has 0 aromatic carbocycles. The average Bonchev–Trinajstić information content (AvgIpc) is 2.24. The maximum Gasteiger partial charge on any atom is 0.329 e. The van der Waals surface area contributed by atoms with Crippen molar-refractivity contribution in [2.75, 3.05) is 13.7 Å². The quantitative estimate of drug-likeness (QED) is 0.783. The van der Waals surface area contributed by atoms with Crippen LogP contribution in [0.1, 0.15) is 40.0 Å². The Hall–Kier alpha value is -1.10. The molecular formula is C13H23NO4. The van der Waals surface area contributed by atoms with Crippen molar-refractivity contribution < 1.29 is 19.4 Å². The highest BCUT2D eigenvalue weighted by Crippen LogP contribution is 2.33. The molecule has 0 aromatic heterocycles. The normalized spacial score (nSPS) is 23.3. The zero-order valence-electron chi connectivity index (χ0n) is 11.6. The predicted molar refractivity (Wildman–Crippen MR) is 67.2 cm³/mol.